The summed E-state index contributed by atoms with van der Waals surface area (Å²) in [4.78, 5) is 23.2. The molecule has 24 heavy (non-hydrogen) atoms. The standard InChI is InChI=1S/C17H24N4O3/c1-17(2,3)24-16(23)19-9-7-15(22)18-8-6-12-4-5-14-13(10-12)11-20-21-14/h4-5,10-11H,6-9H2,1-3H3,(H,18,22)(H,19,23)(H,20,21). The van der Waals surface area contributed by atoms with Crippen LogP contribution in [0.2, 0.25) is 0 Å². The second kappa shape index (κ2) is 7.81. The molecule has 0 bridgehead atoms. The second-order valence-corrected chi connectivity index (χ2v) is 6.57. The molecular weight excluding hydrogens is 308 g/mol. The number of alkyl carbamates (subject to hydrolysis) is 1. The Morgan fingerprint density at radius 3 is 2.75 bits per heavy atom. The molecule has 0 atom stereocenters. The number of aromatic nitrogens is 2. The minimum Gasteiger partial charge on any atom is -0.444 e. The molecule has 0 saturated carbocycles. The first-order chi connectivity index (χ1) is 11.3. The molecule has 0 aliphatic heterocycles. The molecule has 0 fully saturated rings. The van der Waals surface area contributed by atoms with Gasteiger partial charge in [0.1, 0.15) is 5.60 Å². The molecule has 2 rings (SSSR count). The van der Waals surface area contributed by atoms with Crippen LogP contribution >= 0.6 is 0 Å². The Kier molecular flexibility index (Phi) is 5.78. The quantitative estimate of drug-likeness (QED) is 0.755. The van der Waals surface area contributed by atoms with Crippen LogP contribution in [0.5, 0.6) is 0 Å². The van der Waals surface area contributed by atoms with Crippen molar-refractivity contribution < 1.29 is 14.3 Å². The third kappa shape index (κ3) is 5.91. The molecule has 7 heteroatoms. The van der Waals surface area contributed by atoms with Gasteiger partial charge in [-0.25, -0.2) is 4.79 Å². The summed E-state index contributed by atoms with van der Waals surface area (Å²) in [7, 11) is 0. The number of nitrogens with one attached hydrogen (secondary N) is 3. The lowest BCUT2D eigenvalue weighted by Crippen LogP contribution is -2.35. The van der Waals surface area contributed by atoms with Gasteiger partial charge in [-0.05, 0) is 44.9 Å². The maximum Gasteiger partial charge on any atom is 0.407 e. The van der Waals surface area contributed by atoms with Crippen molar-refractivity contribution >= 4 is 22.9 Å². The molecule has 3 N–H and O–H groups in total. The molecule has 0 saturated heterocycles. The van der Waals surface area contributed by atoms with Crippen LogP contribution in [-0.4, -0.2) is 40.9 Å². The van der Waals surface area contributed by atoms with E-state index < -0.39 is 11.7 Å². The fraction of sp³-hybridized carbons (Fsp3) is 0.471. The monoisotopic (exact) mass is 332 g/mol. The molecule has 1 aromatic heterocycles. The number of nitrogens with zero attached hydrogens (tertiary/aromatic N) is 1. The summed E-state index contributed by atoms with van der Waals surface area (Å²) in [5.41, 5.74) is 1.59. The third-order valence-electron chi connectivity index (χ3n) is 3.26. The van der Waals surface area contributed by atoms with Crippen molar-refractivity contribution in [2.24, 2.45) is 0 Å². The summed E-state index contributed by atoms with van der Waals surface area (Å²) >= 11 is 0. The van der Waals surface area contributed by atoms with Gasteiger partial charge in [0, 0.05) is 24.9 Å². The van der Waals surface area contributed by atoms with Crippen molar-refractivity contribution in [3.8, 4) is 0 Å². The van der Waals surface area contributed by atoms with E-state index in [-0.39, 0.29) is 18.9 Å². The highest BCUT2D eigenvalue weighted by Gasteiger charge is 2.15. The van der Waals surface area contributed by atoms with E-state index in [0.29, 0.717) is 6.54 Å². The molecule has 7 nitrogen and oxygen atoms in total. The van der Waals surface area contributed by atoms with E-state index in [1.165, 1.54) is 0 Å². The molecule has 2 aromatic rings. The highest BCUT2D eigenvalue weighted by Crippen LogP contribution is 2.12. The number of H-pyrrole nitrogens is 1. The van der Waals surface area contributed by atoms with Crippen LogP contribution in [0, 0.1) is 0 Å². The molecule has 1 aromatic carbocycles. The van der Waals surface area contributed by atoms with Gasteiger partial charge in [0.05, 0.1) is 11.7 Å². The largest absolute Gasteiger partial charge is 0.444 e. The minimum absolute atomic E-state index is 0.101. The van der Waals surface area contributed by atoms with Gasteiger partial charge in [-0.2, -0.15) is 5.10 Å². The highest BCUT2D eigenvalue weighted by molar-refractivity contribution is 5.79. The summed E-state index contributed by atoms with van der Waals surface area (Å²) in [6.07, 6.45) is 2.23. The number of aromatic amines is 1. The Morgan fingerprint density at radius 1 is 1.21 bits per heavy atom. The summed E-state index contributed by atoms with van der Waals surface area (Å²) in [5, 5.41) is 13.3. The highest BCUT2D eigenvalue weighted by atomic mass is 16.6. The predicted molar refractivity (Wildman–Crippen MR) is 91.7 cm³/mol. The number of hydrogen-bond acceptors (Lipinski definition) is 4. The number of rotatable bonds is 6. The van der Waals surface area contributed by atoms with Crippen LogP contribution in [-0.2, 0) is 16.0 Å². The van der Waals surface area contributed by atoms with Crippen molar-refractivity contribution in [1.82, 2.24) is 20.8 Å². The van der Waals surface area contributed by atoms with E-state index >= 15 is 0 Å². The topological polar surface area (TPSA) is 96.1 Å². The summed E-state index contributed by atoms with van der Waals surface area (Å²) in [6, 6.07) is 6.04. The Hall–Kier alpha value is -2.57. The van der Waals surface area contributed by atoms with Crippen molar-refractivity contribution in [3.05, 3.63) is 30.0 Å². The fourth-order valence-corrected chi connectivity index (χ4v) is 2.17. The molecule has 0 spiro atoms. The Bertz CT molecular complexity index is 703. The summed E-state index contributed by atoms with van der Waals surface area (Å²) in [6.45, 7) is 6.18. The van der Waals surface area contributed by atoms with Gasteiger partial charge in [0.2, 0.25) is 5.91 Å². The molecule has 130 valence electrons. The van der Waals surface area contributed by atoms with E-state index in [2.05, 4.69) is 26.9 Å². The minimum atomic E-state index is -0.539. The maximum atomic E-state index is 11.8. The van der Waals surface area contributed by atoms with Crippen LogP contribution in [0.3, 0.4) is 0 Å². The summed E-state index contributed by atoms with van der Waals surface area (Å²) < 4.78 is 5.10. The van der Waals surface area contributed by atoms with Crippen LogP contribution in [0.25, 0.3) is 10.9 Å². The maximum absolute atomic E-state index is 11.8. The van der Waals surface area contributed by atoms with E-state index in [0.717, 1.165) is 22.9 Å². The number of ether oxygens (including phenoxy) is 1. The first kappa shape index (κ1) is 17.8. The average Bonchev–Trinajstić information content (AvgIpc) is 2.93. The molecule has 0 unspecified atom stereocenters. The number of fused-ring (bicyclic) bond motifs is 1. The number of amides is 2. The second-order valence-electron chi connectivity index (χ2n) is 6.57. The van der Waals surface area contributed by atoms with Crippen molar-refractivity contribution in [1.29, 1.82) is 0 Å². The van der Waals surface area contributed by atoms with E-state index in [4.69, 9.17) is 4.74 Å². The van der Waals surface area contributed by atoms with E-state index in [1.807, 2.05) is 12.1 Å². The molecule has 0 aliphatic rings. The van der Waals surface area contributed by atoms with Crippen molar-refractivity contribution in [3.63, 3.8) is 0 Å². The van der Waals surface area contributed by atoms with Crippen LogP contribution in [0.15, 0.2) is 24.4 Å². The smallest absolute Gasteiger partial charge is 0.407 e. The SMILES string of the molecule is CC(C)(C)OC(=O)NCCC(=O)NCCc1ccc2[nH]ncc2c1. The fourth-order valence-electron chi connectivity index (χ4n) is 2.17. The molecule has 1 heterocycles. The lowest BCUT2D eigenvalue weighted by Gasteiger charge is -2.19. The van der Waals surface area contributed by atoms with Crippen LogP contribution < -0.4 is 10.6 Å². The molecule has 0 radical (unpaired) electrons. The van der Waals surface area contributed by atoms with Crippen LogP contribution in [0.1, 0.15) is 32.8 Å². The van der Waals surface area contributed by atoms with Crippen LogP contribution in [0.4, 0.5) is 4.79 Å². The lowest BCUT2D eigenvalue weighted by atomic mass is 10.1. The van der Waals surface area contributed by atoms with Crippen molar-refractivity contribution in [2.75, 3.05) is 13.1 Å². The first-order valence-corrected chi connectivity index (χ1v) is 7.99. The predicted octanol–water partition coefficient (Wildman–Crippen LogP) is 2.14. The summed E-state index contributed by atoms with van der Waals surface area (Å²) in [5.74, 6) is -0.101. The third-order valence-corrected chi connectivity index (χ3v) is 3.26. The number of benzene rings is 1. The van der Waals surface area contributed by atoms with Gasteiger partial charge >= 0.3 is 6.09 Å². The van der Waals surface area contributed by atoms with E-state index in [9.17, 15) is 9.59 Å². The zero-order valence-corrected chi connectivity index (χ0v) is 14.3. The van der Waals surface area contributed by atoms with Gasteiger partial charge < -0.3 is 15.4 Å². The normalized spacial score (nSPS) is 11.3. The number of carbonyl (C=O) groups excluding carboxylic acids is 2. The molecular formula is C17H24N4O3. The lowest BCUT2D eigenvalue weighted by molar-refractivity contribution is -0.120. The molecule has 2 amide bonds. The number of hydrogen-bond donors (Lipinski definition) is 3. The van der Waals surface area contributed by atoms with E-state index in [1.54, 1.807) is 27.0 Å². The Morgan fingerprint density at radius 2 is 2.00 bits per heavy atom. The van der Waals surface area contributed by atoms with Gasteiger partial charge in [0.15, 0.2) is 0 Å². The van der Waals surface area contributed by atoms with Gasteiger partial charge in [-0.3, -0.25) is 9.89 Å². The first-order valence-electron chi connectivity index (χ1n) is 7.99. The Labute approximate surface area is 141 Å². The van der Waals surface area contributed by atoms with Crippen molar-refractivity contribution in [2.45, 2.75) is 39.2 Å². The zero-order chi connectivity index (χ0) is 17.6. The van der Waals surface area contributed by atoms with Gasteiger partial charge in [-0.1, -0.05) is 6.07 Å². The molecule has 0 aliphatic carbocycles. The van der Waals surface area contributed by atoms with Gasteiger partial charge in [0.25, 0.3) is 0 Å². The average molecular weight is 332 g/mol. The zero-order valence-electron chi connectivity index (χ0n) is 14.3. The van der Waals surface area contributed by atoms with Gasteiger partial charge in [-0.15, -0.1) is 0 Å². The Balaban J connectivity index is 1.63. The number of carbonyl (C=O) groups is 2.